The quantitative estimate of drug-likeness (QED) is 0.00913. The van der Waals surface area contributed by atoms with Crippen molar-refractivity contribution in [3.8, 4) is 23.0 Å². The van der Waals surface area contributed by atoms with Crippen LogP contribution in [-0.2, 0) is 28.5 Å². The van der Waals surface area contributed by atoms with Crippen LogP contribution in [0.2, 0.25) is 0 Å². The molecule has 0 spiro atoms. The number of methoxy groups -OCH3 is 3. The molecule has 0 radical (unpaired) electrons. The molecule has 0 aliphatic heterocycles. The summed E-state index contributed by atoms with van der Waals surface area (Å²) in [7, 11) is 6.12. The summed E-state index contributed by atoms with van der Waals surface area (Å²) in [6.45, 7) is 1.50. The average molecular weight is 967 g/mol. The van der Waals surface area contributed by atoms with Gasteiger partial charge in [-0.3, -0.25) is 4.79 Å². The van der Waals surface area contributed by atoms with Crippen LogP contribution >= 0.6 is 0 Å². The molecule has 0 aliphatic rings. The third kappa shape index (κ3) is 22.8. The number of benzene rings is 4. The van der Waals surface area contributed by atoms with Gasteiger partial charge in [-0.05, 0) is 110 Å². The van der Waals surface area contributed by atoms with Gasteiger partial charge < -0.3 is 49.4 Å². The maximum absolute atomic E-state index is 13.4. The molecule has 4 aromatic carbocycles. The molecule has 0 fully saturated rings. The van der Waals surface area contributed by atoms with E-state index in [1.165, 1.54) is 25.3 Å². The van der Waals surface area contributed by atoms with Gasteiger partial charge in [0.15, 0.2) is 11.5 Å². The number of ether oxygens (including phenoxy) is 8. The summed E-state index contributed by atoms with van der Waals surface area (Å²) in [5, 5.41) is 0. The van der Waals surface area contributed by atoms with Gasteiger partial charge in [0.2, 0.25) is 0 Å². The number of allylic oxidation sites excluding steroid dienone is 1. The molecule has 15 nitrogen and oxygen atoms in total. The highest BCUT2D eigenvalue weighted by atomic mass is 16.5. The lowest BCUT2D eigenvalue weighted by molar-refractivity contribution is -0.134. The molecule has 4 aromatic rings. The number of rotatable bonds is 31. The topological polar surface area (TPSA) is 211 Å². The van der Waals surface area contributed by atoms with Gasteiger partial charge in [0.25, 0.3) is 0 Å². The van der Waals surface area contributed by atoms with Crippen molar-refractivity contribution in [3.05, 3.63) is 119 Å². The minimum atomic E-state index is -0.621. The Morgan fingerprint density at radius 2 is 1.01 bits per heavy atom. The Morgan fingerprint density at radius 1 is 0.500 bits per heavy atom. The molecule has 0 heterocycles. The van der Waals surface area contributed by atoms with Crippen molar-refractivity contribution in [1.82, 2.24) is 0 Å². The van der Waals surface area contributed by atoms with Crippen molar-refractivity contribution in [1.29, 1.82) is 0 Å². The van der Waals surface area contributed by atoms with Gasteiger partial charge in [-0.25, -0.2) is 19.2 Å². The predicted molar refractivity (Wildman–Crippen MR) is 271 cm³/mol. The van der Waals surface area contributed by atoms with Crippen molar-refractivity contribution >= 4 is 53.7 Å². The fraction of sp³-hybridized carbons (Fsp3) is 0.400. The monoisotopic (exact) mass is 966 g/mol. The van der Waals surface area contributed by atoms with Gasteiger partial charge in [-0.15, -0.1) is 0 Å². The normalized spacial score (nSPS) is 10.8. The van der Waals surface area contributed by atoms with Gasteiger partial charge in [0, 0.05) is 31.7 Å². The summed E-state index contributed by atoms with van der Waals surface area (Å²) in [5.41, 5.74) is 14.7. The van der Waals surface area contributed by atoms with E-state index in [0.29, 0.717) is 66.0 Å². The molecule has 4 N–H and O–H groups in total. The van der Waals surface area contributed by atoms with E-state index in [4.69, 9.17) is 39.9 Å². The lowest BCUT2D eigenvalue weighted by atomic mass is 10.1. The van der Waals surface area contributed by atoms with Gasteiger partial charge in [-0.1, -0.05) is 88.5 Å². The summed E-state index contributed by atoms with van der Waals surface area (Å²) in [6.07, 6.45) is 19.8. The summed E-state index contributed by atoms with van der Waals surface area (Å²) >= 11 is 0. The predicted octanol–water partition coefficient (Wildman–Crippen LogP) is 10.7. The SMILES string of the molecule is COC.COC(=O)/C=C/c1ccc(C(=O)Oc2ccc(OCCCCCCCOc3ccc(/C=C/C=O)cc3OC)c(C(=O)OCCCCCCCCCCCOC(=O)c3cc(N)cc(N)c3)c2)cc1. The molecule has 0 saturated carbocycles. The van der Waals surface area contributed by atoms with Crippen LogP contribution in [0.3, 0.4) is 0 Å². The van der Waals surface area contributed by atoms with Gasteiger partial charge in [0.05, 0.1) is 51.8 Å². The molecule has 378 valence electrons. The van der Waals surface area contributed by atoms with Crippen LogP contribution in [0.4, 0.5) is 11.4 Å². The van der Waals surface area contributed by atoms with E-state index in [9.17, 15) is 24.0 Å². The first-order chi connectivity index (χ1) is 34.0. The summed E-state index contributed by atoms with van der Waals surface area (Å²) in [5.74, 6) is -0.358. The fourth-order valence-corrected chi connectivity index (χ4v) is 6.87. The Hall–Kier alpha value is -7.13. The molecular weight excluding hydrogens is 897 g/mol. The van der Waals surface area contributed by atoms with E-state index < -0.39 is 23.9 Å². The molecule has 0 bridgehead atoms. The number of hydrogen-bond donors (Lipinski definition) is 2. The molecule has 0 atom stereocenters. The van der Waals surface area contributed by atoms with E-state index in [1.54, 1.807) is 88.1 Å². The summed E-state index contributed by atoms with van der Waals surface area (Å²) in [6, 6.07) is 21.4. The number of carbonyl (C=O) groups excluding carboxylic acids is 5. The first kappa shape index (κ1) is 57.2. The number of carbonyl (C=O) groups is 5. The Bertz CT molecular complexity index is 2250. The Morgan fingerprint density at radius 3 is 1.57 bits per heavy atom. The second-order valence-corrected chi connectivity index (χ2v) is 16.1. The highest BCUT2D eigenvalue weighted by Crippen LogP contribution is 2.30. The molecule has 15 heteroatoms. The number of hydrogen-bond acceptors (Lipinski definition) is 15. The Balaban J connectivity index is 0.00000421. The van der Waals surface area contributed by atoms with E-state index in [2.05, 4.69) is 9.47 Å². The number of nitrogens with two attached hydrogens (primary N) is 2. The lowest BCUT2D eigenvalue weighted by Gasteiger charge is -2.13. The molecule has 0 unspecified atom stereocenters. The number of anilines is 2. The number of unbranched alkanes of at least 4 members (excludes halogenated alkanes) is 12. The molecule has 0 saturated heterocycles. The zero-order valence-electron chi connectivity index (χ0n) is 41.1. The number of aldehydes is 1. The van der Waals surface area contributed by atoms with E-state index in [0.717, 1.165) is 95.3 Å². The number of esters is 4. The summed E-state index contributed by atoms with van der Waals surface area (Å²) in [4.78, 5) is 60.8. The van der Waals surface area contributed by atoms with Crippen LogP contribution in [0, 0.1) is 0 Å². The van der Waals surface area contributed by atoms with E-state index in [-0.39, 0.29) is 23.5 Å². The number of nitrogen functional groups attached to an aromatic ring is 2. The first-order valence-electron chi connectivity index (χ1n) is 23.7. The Labute approximate surface area is 412 Å². The minimum absolute atomic E-state index is 0.161. The van der Waals surface area contributed by atoms with Crippen molar-refractivity contribution in [2.45, 2.75) is 89.9 Å². The highest BCUT2D eigenvalue weighted by Gasteiger charge is 2.18. The lowest BCUT2D eigenvalue weighted by Crippen LogP contribution is -2.12. The van der Waals surface area contributed by atoms with Crippen molar-refractivity contribution < 1.29 is 61.9 Å². The van der Waals surface area contributed by atoms with Gasteiger partial charge in [-0.2, -0.15) is 0 Å². The third-order valence-corrected chi connectivity index (χ3v) is 10.5. The standard InChI is InChI=1S/C53H64N2O12.C2H6O/c1-61-49-34-40(18-17-29-56)21-26-48(49)64-31-14-12-8-11-13-30-63-47-27-25-45(67-52(59)41-23-19-39(20-24-41)22-28-50(57)62-2)38-46(47)53(60)66-33-16-10-7-5-3-4-6-9-15-32-65-51(58)42-35-43(54)37-44(55)36-42;1-3-2/h17-29,34-38H,3-16,30-33,54-55H2,1-2H3;1-2H3/b18-17+,28-22+;. The summed E-state index contributed by atoms with van der Waals surface area (Å²) < 4.78 is 43.0. The highest BCUT2D eigenvalue weighted by molar-refractivity contribution is 5.95. The van der Waals surface area contributed by atoms with Crippen LogP contribution < -0.4 is 30.4 Å². The van der Waals surface area contributed by atoms with Crippen LogP contribution in [0.25, 0.3) is 12.2 Å². The molecule has 4 rings (SSSR count). The van der Waals surface area contributed by atoms with Gasteiger partial charge >= 0.3 is 23.9 Å². The second kappa shape index (κ2) is 34.2. The minimum Gasteiger partial charge on any atom is -0.493 e. The zero-order chi connectivity index (χ0) is 50.8. The second-order valence-electron chi connectivity index (χ2n) is 16.1. The molecule has 0 aromatic heterocycles. The van der Waals surface area contributed by atoms with Crippen molar-refractivity contribution in [2.75, 3.05) is 66.3 Å². The molecular formula is C55H70N2O13. The third-order valence-electron chi connectivity index (χ3n) is 10.5. The largest absolute Gasteiger partial charge is 0.493 e. The van der Waals surface area contributed by atoms with E-state index in [1.807, 2.05) is 18.2 Å². The molecule has 0 aliphatic carbocycles. The smallest absolute Gasteiger partial charge is 0.343 e. The Kier molecular flexibility index (Phi) is 27.9. The van der Waals surface area contributed by atoms with Crippen LogP contribution in [0.5, 0.6) is 23.0 Å². The fourth-order valence-electron chi connectivity index (χ4n) is 6.87. The van der Waals surface area contributed by atoms with Crippen LogP contribution in [0.15, 0.2) is 91.0 Å². The van der Waals surface area contributed by atoms with Crippen molar-refractivity contribution in [3.63, 3.8) is 0 Å². The first-order valence-corrected chi connectivity index (χ1v) is 23.7. The molecule has 0 amide bonds. The van der Waals surface area contributed by atoms with Crippen molar-refractivity contribution in [2.24, 2.45) is 0 Å². The maximum atomic E-state index is 13.4. The zero-order valence-corrected chi connectivity index (χ0v) is 41.1. The van der Waals surface area contributed by atoms with E-state index >= 15 is 0 Å². The van der Waals surface area contributed by atoms with Crippen LogP contribution in [0.1, 0.15) is 132 Å². The molecule has 70 heavy (non-hydrogen) atoms. The van der Waals surface area contributed by atoms with Gasteiger partial charge in [0.1, 0.15) is 23.3 Å². The average Bonchev–Trinajstić information content (AvgIpc) is 3.36. The van der Waals surface area contributed by atoms with Crippen LogP contribution in [-0.4, -0.2) is 85.0 Å². The maximum Gasteiger partial charge on any atom is 0.343 e.